The molecule has 0 aliphatic carbocycles. The van der Waals surface area contributed by atoms with Crippen LogP contribution in [0.25, 0.3) is 10.2 Å². The van der Waals surface area contributed by atoms with E-state index in [-0.39, 0.29) is 5.91 Å². The summed E-state index contributed by atoms with van der Waals surface area (Å²) in [6.45, 7) is 8.68. The Labute approximate surface area is 182 Å². The van der Waals surface area contributed by atoms with E-state index in [0.717, 1.165) is 66.6 Å². The number of rotatable bonds is 6. The second kappa shape index (κ2) is 9.01. The van der Waals surface area contributed by atoms with E-state index in [9.17, 15) is 4.79 Å². The third kappa shape index (κ3) is 4.44. The minimum absolute atomic E-state index is 0.0951. The van der Waals surface area contributed by atoms with Crippen molar-refractivity contribution in [1.82, 2.24) is 19.5 Å². The highest BCUT2D eigenvalue weighted by Crippen LogP contribution is 2.34. The molecule has 7 nitrogen and oxygen atoms in total. The summed E-state index contributed by atoms with van der Waals surface area (Å²) in [5.41, 5.74) is 2.43. The number of hydrogen-bond acceptors (Lipinski definition) is 8. The van der Waals surface area contributed by atoms with Gasteiger partial charge in [-0.15, -0.1) is 5.10 Å². The SMILES string of the molecule is Cc1nnsc1C(=O)N(CCCN1CCOCC1)c1nc2c(C)c(Cl)ccc2s1. The van der Waals surface area contributed by atoms with Crippen LogP contribution >= 0.6 is 34.5 Å². The molecule has 0 radical (unpaired) electrons. The van der Waals surface area contributed by atoms with Crippen LogP contribution in [0, 0.1) is 13.8 Å². The topological polar surface area (TPSA) is 71.5 Å². The number of thiazole rings is 1. The molecule has 1 aliphatic heterocycles. The maximum atomic E-state index is 13.3. The maximum Gasteiger partial charge on any atom is 0.273 e. The molecule has 29 heavy (non-hydrogen) atoms. The van der Waals surface area contributed by atoms with E-state index in [1.807, 2.05) is 26.0 Å². The van der Waals surface area contributed by atoms with E-state index in [1.54, 1.807) is 4.90 Å². The lowest BCUT2D eigenvalue weighted by atomic mass is 10.2. The van der Waals surface area contributed by atoms with Gasteiger partial charge in [-0.3, -0.25) is 14.6 Å². The predicted molar refractivity (Wildman–Crippen MR) is 118 cm³/mol. The number of carbonyl (C=O) groups is 1. The molecule has 3 aromatic rings. The molecule has 2 aromatic heterocycles. The minimum Gasteiger partial charge on any atom is -0.379 e. The summed E-state index contributed by atoms with van der Waals surface area (Å²) in [7, 11) is 0. The van der Waals surface area contributed by atoms with Crippen molar-refractivity contribution in [3.63, 3.8) is 0 Å². The molecule has 0 spiro atoms. The Hall–Kier alpha value is -1.65. The molecule has 0 N–H and O–H groups in total. The lowest BCUT2D eigenvalue weighted by Crippen LogP contribution is -2.39. The molecule has 1 fully saturated rings. The second-order valence-corrected chi connectivity index (χ2v) is 9.14. The molecule has 1 amide bonds. The van der Waals surface area contributed by atoms with Gasteiger partial charge < -0.3 is 4.74 Å². The fourth-order valence-electron chi connectivity index (χ4n) is 3.32. The number of fused-ring (bicyclic) bond motifs is 1. The number of anilines is 1. The van der Waals surface area contributed by atoms with Gasteiger partial charge in [0, 0.05) is 31.2 Å². The number of benzene rings is 1. The second-order valence-electron chi connectivity index (χ2n) is 6.97. The lowest BCUT2D eigenvalue weighted by Gasteiger charge is -2.27. The van der Waals surface area contributed by atoms with Crippen LogP contribution < -0.4 is 4.90 Å². The van der Waals surface area contributed by atoms with Gasteiger partial charge in [0.2, 0.25) is 0 Å². The highest BCUT2D eigenvalue weighted by Gasteiger charge is 2.25. The molecule has 1 aromatic carbocycles. The normalized spacial score (nSPS) is 15.1. The number of ether oxygens (including phenoxy) is 1. The molecule has 10 heteroatoms. The van der Waals surface area contributed by atoms with Gasteiger partial charge in [-0.2, -0.15) is 0 Å². The molecule has 1 aliphatic rings. The Morgan fingerprint density at radius 1 is 1.31 bits per heavy atom. The molecular weight excluding hydrogens is 430 g/mol. The van der Waals surface area contributed by atoms with Crippen molar-refractivity contribution in [2.45, 2.75) is 20.3 Å². The predicted octanol–water partition coefficient (Wildman–Crippen LogP) is 3.79. The van der Waals surface area contributed by atoms with E-state index < -0.39 is 0 Å². The average molecular weight is 452 g/mol. The zero-order chi connectivity index (χ0) is 20.4. The van der Waals surface area contributed by atoms with Crippen molar-refractivity contribution in [3.05, 3.63) is 33.3 Å². The van der Waals surface area contributed by atoms with Gasteiger partial charge in [0.15, 0.2) is 5.13 Å². The Kier molecular flexibility index (Phi) is 6.41. The van der Waals surface area contributed by atoms with Crippen LogP contribution in [0.3, 0.4) is 0 Å². The first-order valence-corrected chi connectivity index (χ1v) is 11.5. The van der Waals surface area contributed by atoms with Gasteiger partial charge in [-0.1, -0.05) is 27.4 Å². The molecule has 154 valence electrons. The van der Waals surface area contributed by atoms with Gasteiger partial charge in [0.1, 0.15) is 4.88 Å². The van der Waals surface area contributed by atoms with Crippen LogP contribution in [0.4, 0.5) is 5.13 Å². The van der Waals surface area contributed by atoms with Crippen molar-refractivity contribution >= 4 is 55.7 Å². The molecule has 3 heterocycles. The third-order valence-corrected chi connectivity index (χ3v) is 7.29. The first-order valence-electron chi connectivity index (χ1n) is 9.51. The highest BCUT2D eigenvalue weighted by atomic mass is 35.5. The number of carbonyl (C=O) groups excluding carboxylic acids is 1. The summed E-state index contributed by atoms with van der Waals surface area (Å²) in [5.74, 6) is -0.0951. The summed E-state index contributed by atoms with van der Waals surface area (Å²) >= 11 is 8.91. The lowest BCUT2D eigenvalue weighted by molar-refractivity contribution is 0.0376. The van der Waals surface area contributed by atoms with Gasteiger partial charge >= 0.3 is 0 Å². The van der Waals surface area contributed by atoms with Crippen LogP contribution in [0.1, 0.15) is 27.3 Å². The summed E-state index contributed by atoms with van der Waals surface area (Å²) in [6.07, 6.45) is 0.854. The number of nitrogens with zero attached hydrogens (tertiary/aromatic N) is 5. The average Bonchev–Trinajstić information content (AvgIpc) is 3.35. The number of morpholine rings is 1. The van der Waals surface area contributed by atoms with Crippen molar-refractivity contribution < 1.29 is 9.53 Å². The number of halogens is 1. The van der Waals surface area contributed by atoms with Crippen LogP contribution in [-0.2, 0) is 4.74 Å². The Bertz CT molecular complexity index is 1020. The Morgan fingerprint density at radius 2 is 2.10 bits per heavy atom. The van der Waals surface area contributed by atoms with E-state index >= 15 is 0 Å². The van der Waals surface area contributed by atoms with Crippen molar-refractivity contribution in [1.29, 1.82) is 0 Å². The molecule has 0 bridgehead atoms. The van der Waals surface area contributed by atoms with Crippen LogP contribution in [-0.4, -0.2) is 64.8 Å². The highest BCUT2D eigenvalue weighted by molar-refractivity contribution is 7.22. The van der Waals surface area contributed by atoms with Crippen LogP contribution in [0.5, 0.6) is 0 Å². The third-order valence-electron chi connectivity index (χ3n) is 5.02. The largest absolute Gasteiger partial charge is 0.379 e. The summed E-state index contributed by atoms with van der Waals surface area (Å²) in [4.78, 5) is 22.8. The van der Waals surface area contributed by atoms with Gasteiger partial charge in [-0.05, 0) is 49.5 Å². The minimum atomic E-state index is -0.0951. The Balaban J connectivity index is 1.60. The quantitative estimate of drug-likeness (QED) is 0.567. The smallest absolute Gasteiger partial charge is 0.273 e. The maximum absolute atomic E-state index is 13.3. The van der Waals surface area contributed by atoms with Gasteiger partial charge in [0.25, 0.3) is 5.91 Å². The molecule has 4 rings (SSSR count). The van der Waals surface area contributed by atoms with Gasteiger partial charge in [0.05, 0.1) is 29.1 Å². The van der Waals surface area contributed by atoms with E-state index in [2.05, 4.69) is 14.5 Å². The fourth-order valence-corrected chi connectivity index (χ4v) is 5.12. The summed E-state index contributed by atoms with van der Waals surface area (Å²) in [6, 6.07) is 3.84. The standard InChI is InChI=1S/C19H22ClN5O2S2/c1-12-14(20)4-5-15-16(12)21-19(28-15)25(18(26)17-13(2)22-23-29-17)7-3-6-24-8-10-27-11-9-24/h4-5H,3,6-11H2,1-2H3. The zero-order valence-electron chi connectivity index (χ0n) is 16.4. The summed E-state index contributed by atoms with van der Waals surface area (Å²) in [5, 5.41) is 5.37. The van der Waals surface area contributed by atoms with E-state index in [0.29, 0.717) is 27.3 Å². The monoisotopic (exact) mass is 451 g/mol. The number of hydrogen-bond donors (Lipinski definition) is 0. The van der Waals surface area contributed by atoms with Crippen LogP contribution in [0.2, 0.25) is 5.02 Å². The molecule has 0 saturated carbocycles. The van der Waals surface area contributed by atoms with E-state index in [4.69, 9.17) is 21.3 Å². The number of aryl methyl sites for hydroxylation is 2. The summed E-state index contributed by atoms with van der Waals surface area (Å²) < 4.78 is 10.4. The van der Waals surface area contributed by atoms with Crippen molar-refractivity contribution in [2.24, 2.45) is 0 Å². The first-order chi connectivity index (χ1) is 14.0. The van der Waals surface area contributed by atoms with Gasteiger partial charge in [-0.25, -0.2) is 4.98 Å². The molecule has 1 saturated heterocycles. The molecule has 0 unspecified atom stereocenters. The molecular formula is C19H22ClN5O2S2. The number of amides is 1. The van der Waals surface area contributed by atoms with Crippen LogP contribution in [0.15, 0.2) is 12.1 Å². The van der Waals surface area contributed by atoms with E-state index in [1.165, 1.54) is 11.3 Å². The van der Waals surface area contributed by atoms with Crippen molar-refractivity contribution in [3.8, 4) is 0 Å². The zero-order valence-corrected chi connectivity index (χ0v) is 18.7. The van der Waals surface area contributed by atoms with Crippen molar-refractivity contribution in [2.75, 3.05) is 44.3 Å². The Morgan fingerprint density at radius 3 is 2.83 bits per heavy atom. The molecule has 0 atom stereocenters. The first kappa shape index (κ1) is 20.6. The number of aromatic nitrogens is 3. The fraction of sp³-hybridized carbons (Fsp3) is 0.474.